The van der Waals surface area contributed by atoms with Gasteiger partial charge < -0.3 is 20.1 Å². The zero-order valence-corrected chi connectivity index (χ0v) is 45.7. The molecule has 1 spiro atoms. The molecule has 65 heavy (non-hydrogen) atoms. The summed E-state index contributed by atoms with van der Waals surface area (Å²) >= 11 is 0. The van der Waals surface area contributed by atoms with Gasteiger partial charge in [-0.3, -0.25) is 0 Å². The van der Waals surface area contributed by atoms with E-state index >= 15 is 0 Å². The average Bonchev–Trinajstić information content (AvgIpc) is 3.30. The molecular formula is C60H94N2O3. The van der Waals surface area contributed by atoms with Crippen molar-refractivity contribution in [1.29, 1.82) is 0 Å². The van der Waals surface area contributed by atoms with Crippen LogP contribution in [0.2, 0.25) is 0 Å². The Morgan fingerprint density at radius 1 is 0.415 bits per heavy atom. The van der Waals surface area contributed by atoms with E-state index in [0.717, 1.165) is 53.7 Å². The highest BCUT2D eigenvalue weighted by molar-refractivity contribution is 5.97. The standard InChI is InChI=1S/C60H94N2O3/c1-50(2,3)33-52(7,8)35-54(11,12)37-56(15,16)39-58(19,20)61-41-27-29-45-47(31-41)64-48-32-42(28-30-46(48)60(45)44-26-24-23-25-43(44)49(63)65-60)62-59(21,22)40-57(17,18)38-55(13,14)36-53(9,10)34-51(4,5)6/h23-32,61-62H,33-40H2,1-22H3. The fourth-order valence-electron chi connectivity index (χ4n) is 15.5. The molecule has 0 unspecified atom stereocenters. The smallest absolute Gasteiger partial charge is 0.340 e. The molecule has 0 radical (unpaired) electrons. The number of ether oxygens (including phenoxy) is 2. The number of fused-ring (bicyclic) bond motifs is 6. The molecule has 5 rings (SSSR count). The second-order valence-corrected chi connectivity index (χ2v) is 29.7. The number of anilines is 2. The number of hydrogen-bond acceptors (Lipinski definition) is 5. The molecule has 3 aromatic carbocycles. The van der Waals surface area contributed by atoms with E-state index in [1.807, 2.05) is 24.3 Å². The second kappa shape index (κ2) is 17.2. The maximum absolute atomic E-state index is 13.7. The molecule has 3 aromatic rings. The van der Waals surface area contributed by atoms with Crippen molar-refractivity contribution in [2.75, 3.05) is 10.6 Å². The van der Waals surface area contributed by atoms with Crippen LogP contribution in [-0.4, -0.2) is 17.0 Å². The first-order valence-corrected chi connectivity index (χ1v) is 25.0. The molecule has 362 valence electrons. The molecule has 0 bridgehead atoms. The van der Waals surface area contributed by atoms with Gasteiger partial charge in [0.1, 0.15) is 11.5 Å². The van der Waals surface area contributed by atoms with E-state index in [2.05, 4.69) is 199 Å². The summed E-state index contributed by atoms with van der Waals surface area (Å²) in [5.74, 6) is 1.07. The van der Waals surface area contributed by atoms with Crippen LogP contribution in [0.5, 0.6) is 11.5 Å². The molecule has 0 fully saturated rings. The number of benzene rings is 3. The third-order valence-corrected chi connectivity index (χ3v) is 13.4. The van der Waals surface area contributed by atoms with Crippen LogP contribution in [0.15, 0.2) is 60.7 Å². The lowest BCUT2D eigenvalue weighted by atomic mass is 9.62. The van der Waals surface area contributed by atoms with Gasteiger partial charge in [-0.25, -0.2) is 4.79 Å². The number of esters is 1. The van der Waals surface area contributed by atoms with Crippen molar-refractivity contribution < 1.29 is 14.3 Å². The van der Waals surface area contributed by atoms with E-state index in [9.17, 15) is 4.79 Å². The Balaban J connectivity index is 1.40. The normalized spacial score (nSPS) is 16.1. The predicted molar refractivity (Wildman–Crippen MR) is 279 cm³/mol. The summed E-state index contributed by atoms with van der Waals surface area (Å²) in [5, 5.41) is 7.85. The Hall–Kier alpha value is -3.47. The molecule has 5 nitrogen and oxygen atoms in total. The van der Waals surface area contributed by atoms with Crippen LogP contribution >= 0.6 is 0 Å². The Bertz CT molecular complexity index is 2060. The first kappa shape index (κ1) is 52.5. The van der Waals surface area contributed by atoms with Crippen molar-refractivity contribution in [2.45, 2.75) is 220 Å². The minimum atomic E-state index is -1.12. The number of carbonyl (C=O) groups excluding carboxylic acids is 1. The Morgan fingerprint density at radius 3 is 1.12 bits per heavy atom. The number of hydrogen-bond donors (Lipinski definition) is 2. The van der Waals surface area contributed by atoms with Gasteiger partial charge in [0.05, 0.1) is 5.56 Å². The van der Waals surface area contributed by atoms with Gasteiger partial charge in [-0.2, -0.15) is 0 Å². The van der Waals surface area contributed by atoms with Gasteiger partial charge in [-0.1, -0.05) is 143 Å². The van der Waals surface area contributed by atoms with E-state index in [1.54, 1.807) is 0 Å². The molecule has 0 saturated heterocycles. The highest BCUT2D eigenvalue weighted by Gasteiger charge is 2.54. The van der Waals surface area contributed by atoms with E-state index in [4.69, 9.17) is 9.47 Å². The molecule has 0 saturated carbocycles. The minimum absolute atomic E-state index is 0.0961. The van der Waals surface area contributed by atoms with Crippen molar-refractivity contribution in [3.05, 3.63) is 82.9 Å². The topological polar surface area (TPSA) is 59.6 Å². The molecule has 2 aliphatic rings. The van der Waals surface area contributed by atoms with E-state index in [-0.39, 0.29) is 49.5 Å². The second-order valence-electron chi connectivity index (χ2n) is 29.7. The van der Waals surface area contributed by atoms with Gasteiger partial charge in [0, 0.05) is 51.3 Å². The van der Waals surface area contributed by atoms with Crippen LogP contribution in [0.1, 0.15) is 231 Å². The molecule has 0 amide bonds. The molecule has 5 heteroatoms. The van der Waals surface area contributed by atoms with Crippen LogP contribution in [0.3, 0.4) is 0 Å². The minimum Gasteiger partial charge on any atom is -0.456 e. The monoisotopic (exact) mass is 891 g/mol. The van der Waals surface area contributed by atoms with Crippen molar-refractivity contribution in [2.24, 2.45) is 43.3 Å². The molecule has 2 aliphatic heterocycles. The van der Waals surface area contributed by atoms with Gasteiger partial charge in [0.25, 0.3) is 0 Å². The fourth-order valence-corrected chi connectivity index (χ4v) is 15.5. The lowest BCUT2D eigenvalue weighted by Crippen LogP contribution is -2.39. The summed E-state index contributed by atoms with van der Waals surface area (Å²) in [7, 11) is 0. The van der Waals surface area contributed by atoms with Crippen LogP contribution in [0.4, 0.5) is 11.4 Å². The number of carbonyl (C=O) groups is 1. The maximum atomic E-state index is 13.7. The zero-order chi connectivity index (χ0) is 49.3. The summed E-state index contributed by atoms with van der Waals surface area (Å²) in [5.41, 5.74) is 5.27. The Morgan fingerprint density at radius 2 is 0.754 bits per heavy atom. The molecule has 2 heterocycles. The van der Waals surface area contributed by atoms with Gasteiger partial charge >= 0.3 is 5.97 Å². The van der Waals surface area contributed by atoms with Crippen LogP contribution in [0.25, 0.3) is 0 Å². The SMILES string of the molecule is CC(C)(C)CC(C)(C)CC(C)(C)CC(C)(C)CC(C)(C)Nc1ccc2c(c1)Oc1cc(NC(C)(C)CC(C)(C)CC(C)(C)CC(C)(C)CC(C)(C)C)ccc1C21OC(=O)c2ccccc21. The van der Waals surface area contributed by atoms with Crippen LogP contribution in [0, 0.1) is 43.3 Å². The lowest BCUT2D eigenvalue weighted by Gasteiger charge is -2.44. The van der Waals surface area contributed by atoms with Crippen LogP contribution < -0.4 is 15.4 Å². The quantitative estimate of drug-likeness (QED) is 0.125. The lowest BCUT2D eigenvalue weighted by molar-refractivity contribution is 0.0224. The third-order valence-electron chi connectivity index (χ3n) is 13.4. The summed E-state index contributed by atoms with van der Waals surface area (Å²) in [6.07, 6.45) is 9.05. The first-order chi connectivity index (χ1) is 29.1. The summed E-state index contributed by atoms with van der Waals surface area (Å²) in [6.45, 7) is 52.8. The van der Waals surface area contributed by atoms with E-state index in [1.165, 1.54) is 25.7 Å². The summed E-state index contributed by atoms with van der Waals surface area (Å²) in [4.78, 5) is 13.7. The van der Waals surface area contributed by atoms with Gasteiger partial charge in [0.15, 0.2) is 5.60 Å². The molecule has 0 atom stereocenters. The first-order valence-electron chi connectivity index (χ1n) is 25.0. The summed E-state index contributed by atoms with van der Waals surface area (Å²) in [6, 6.07) is 20.5. The molecule has 0 aliphatic carbocycles. The predicted octanol–water partition coefficient (Wildman–Crippen LogP) is 18.0. The van der Waals surface area contributed by atoms with Crippen molar-refractivity contribution in [1.82, 2.24) is 0 Å². The van der Waals surface area contributed by atoms with Crippen molar-refractivity contribution in [3.63, 3.8) is 0 Å². The maximum Gasteiger partial charge on any atom is 0.340 e. The molecular weight excluding hydrogens is 797 g/mol. The van der Waals surface area contributed by atoms with E-state index < -0.39 is 5.60 Å². The highest BCUT2D eigenvalue weighted by atomic mass is 16.6. The fraction of sp³-hybridized carbons (Fsp3) is 0.683. The van der Waals surface area contributed by atoms with Crippen molar-refractivity contribution in [3.8, 4) is 11.5 Å². The highest BCUT2D eigenvalue weighted by Crippen LogP contribution is 2.58. The van der Waals surface area contributed by atoms with Crippen molar-refractivity contribution >= 4 is 17.3 Å². The van der Waals surface area contributed by atoms with Gasteiger partial charge in [-0.05, 0) is 153 Å². The molecule has 2 N–H and O–H groups in total. The van der Waals surface area contributed by atoms with E-state index in [0.29, 0.717) is 27.9 Å². The summed E-state index contributed by atoms with van der Waals surface area (Å²) < 4.78 is 13.5. The Labute approximate surface area is 398 Å². The largest absolute Gasteiger partial charge is 0.456 e. The average molecular weight is 891 g/mol. The van der Waals surface area contributed by atoms with Crippen LogP contribution in [-0.2, 0) is 10.3 Å². The number of rotatable bonds is 18. The van der Waals surface area contributed by atoms with Gasteiger partial charge in [0.2, 0.25) is 0 Å². The third kappa shape index (κ3) is 13.8. The molecule has 0 aromatic heterocycles. The number of nitrogens with one attached hydrogen (secondary N) is 2. The zero-order valence-electron chi connectivity index (χ0n) is 45.7. The Kier molecular flexibility index (Phi) is 13.9. The van der Waals surface area contributed by atoms with Gasteiger partial charge in [-0.15, -0.1) is 0 Å².